The quantitative estimate of drug-likeness (QED) is 0.468. The van der Waals surface area contributed by atoms with Crippen LogP contribution in [0.25, 0.3) is 0 Å². The van der Waals surface area contributed by atoms with Crippen LogP contribution in [-0.2, 0) is 9.53 Å². The number of hydrogen-bond donors (Lipinski definition) is 1. The minimum Gasteiger partial charge on any atom is -0.478 e. The zero-order valence-corrected chi connectivity index (χ0v) is 8.25. The Hall–Kier alpha value is -0.870. The number of nitrogens with zero attached hydrogens (tertiary/aromatic N) is 1. The van der Waals surface area contributed by atoms with E-state index in [2.05, 4.69) is 6.58 Å². The molecule has 13 heavy (non-hydrogen) atoms. The summed E-state index contributed by atoms with van der Waals surface area (Å²) in [6, 6.07) is 0. The van der Waals surface area contributed by atoms with Gasteiger partial charge < -0.3 is 14.7 Å². The van der Waals surface area contributed by atoms with Gasteiger partial charge >= 0.3 is 5.97 Å². The Morgan fingerprint density at radius 3 is 2.54 bits per heavy atom. The van der Waals surface area contributed by atoms with Gasteiger partial charge in [-0.1, -0.05) is 6.58 Å². The summed E-state index contributed by atoms with van der Waals surface area (Å²) in [4.78, 5) is 12.3. The van der Waals surface area contributed by atoms with E-state index in [1.165, 1.54) is 0 Å². The summed E-state index contributed by atoms with van der Waals surface area (Å²) in [5, 5.41) is 8.46. The lowest BCUT2D eigenvalue weighted by Gasteiger charge is -2.09. The molecule has 4 heteroatoms. The molecule has 76 valence electrons. The zero-order chi connectivity index (χ0) is 10.3. The van der Waals surface area contributed by atoms with Crippen LogP contribution in [-0.4, -0.2) is 49.8 Å². The summed E-state index contributed by atoms with van der Waals surface area (Å²) < 4.78 is 5.20. The maximum Gasteiger partial charge on any atom is 0.331 e. The number of ether oxygens (including phenoxy) is 1. The van der Waals surface area contributed by atoms with Crippen LogP contribution < -0.4 is 0 Å². The second-order valence-corrected chi connectivity index (χ2v) is 3.07. The minimum absolute atomic E-state index is 0.199. The van der Waals surface area contributed by atoms with Gasteiger partial charge in [0, 0.05) is 18.5 Å². The molecule has 0 spiro atoms. The number of rotatable bonds is 7. The number of carbonyl (C=O) groups is 1. The molecule has 0 aromatic rings. The highest BCUT2D eigenvalue weighted by Gasteiger charge is 2.02. The summed E-state index contributed by atoms with van der Waals surface area (Å²) in [6.07, 6.45) is 0.392. The molecule has 0 unspecified atom stereocenters. The smallest absolute Gasteiger partial charge is 0.331 e. The van der Waals surface area contributed by atoms with Gasteiger partial charge in [-0.15, -0.1) is 0 Å². The minimum atomic E-state index is -0.948. The van der Waals surface area contributed by atoms with Crippen molar-refractivity contribution in [2.45, 2.75) is 6.42 Å². The topological polar surface area (TPSA) is 49.8 Å². The van der Waals surface area contributed by atoms with Crippen LogP contribution in [0.3, 0.4) is 0 Å². The van der Waals surface area contributed by atoms with Crippen LogP contribution in [0, 0.1) is 0 Å². The number of likely N-dealkylation sites (N-methyl/N-ethyl adjacent to an activating group) is 1. The van der Waals surface area contributed by atoms with E-state index >= 15 is 0 Å². The van der Waals surface area contributed by atoms with Crippen molar-refractivity contribution in [1.29, 1.82) is 0 Å². The van der Waals surface area contributed by atoms with E-state index in [1.54, 1.807) is 0 Å². The van der Waals surface area contributed by atoms with Crippen LogP contribution in [0.1, 0.15) is 6.42 Å². The summed E-state index contributed by atoms with van der Waals surface area (Å²) in [5.41, 5.74) is 0.199. The summed E-state index contributed by atoms with van der Waals surface area (Å²) in [5.74, 6) is -0.948. The maximum atomic E-state index is 10.3. The highest BCUT2D eigenvalue weighted by molar-refractivity contribution is 5.85. The van der Waals surface area contributed by atoms with E-state index in [4.69, 9.17) is 9.84 Å². The molecule has 1 N–H and O–H groups in total. The van der Waals surface area contributed by atoms with E-state index < -0.39 is 5.97 Å². The van der Waals surface area contributed by atoms with Gasteiger partial charge in [0.05, 0.1) is 13.2 Å². The molecule has 0 bridgehead atoms. The average molecular weight is 187 g/mol. The maximum absolute atomic E-state index is 10.3. The Morgan fingerprint density at radius 1 is 1.46 bits per heavy atom. The summed E-state index contributed by atoms with van der Waals surface area (Å²) >= 11 is 0. The van der Waals surface area contributed by atoms with Gasteiger partial charge in [-0.25, -0.2) is 4.79 Å². The van der Waals surface area contributed by atoms with Gasteiger partial charge in [0.2, 0.25) is 0 Å². The number of carboxylic acid groups (broad SMARTS) is 1. The Balaban J connectivity index is 3.26. The second-order valence-electron chi connectivity index (χ2n) is 3.07. The largest absolute Gasteiger partial charge is 0.478 e. The van der Waals surface area contributed by atoms with Crippen LogP contribution in [0.5, 0.6) is 0 Å². The third-order valence-electron chi connectivity index (χ3n) is 1.53. The third kappa shape index (κ3) is 7.49. The number of hydrogen-bond acceptors (Lipinski definition) is 3. The molecule has 0 aromatic carbocycles. The molecule has 0 rings (SSSR count). The highest BCUT2D eigenvalue weighted by atomic mass is 16.5. The van der Waals surface area contributed by atoms with Crippen molar-refractivity contribution < 1.29 is 14.6 Å². The molecule has 0 aliphatic carbocycles. The van der Waals surface area contributed by atoms with Gasteiger partial charge in [0.15, 0.2) is 0 Å². The van der Waals surface area contributed by atoms with Crippen molar-refractivity contribution in [3.63, 3.8) is 0 Å². The van der Waals surface area contributed by atoms with E-state index in [0.717, 1.165) is 6.54 Å². The monoisotopic (exact) mass is 187 g/mol. The lowest BCUT2D eigenvalue weighted by atomic mass is 10.2. The fourth-order valence-electron chi connectivity index (χ4n) is 0.651. The average Bonchev–Trinajstić information content (AvgIpc) is 2.02. The van der Waals surface area contributed by atoms with E-state index in [0.29, 0.717) is 19.6 Å². The predicted molar refractivity (Wildman–Crippen MR) is 50.8 cm³/mol. The van der Waals surface area contributed by atoms with Crippen LogP contribution in [0.4, 0.5) is 0 Å². The van der Waals surface area contributed by atoms with Crippen molar-refractivity contribution in [3.8, 4) is 0 Å². The Labute approximate surface area is 78.8 Å². The molecule has 0 amide bonds. The third-order valence-corrected chi connectivity index (χ3v) is 1.53. The molecule has 0 radical (unpaired) electrons. The molecule has 0 fully saturated rings. The predicted octanol–water partition coefficient (Wildman–Crippen LogP) is 0.595. The van der Waals surface area contributed by atoms with Gasteiger partial charge in [-0.3, -0.25) is 0 Å². The first-order valence-corrected chi connectivity index (χ1v) is 4.17. The fraction of sp³-hybridized carbons (Fsp3) is 0.667. The van der Waals surface area contributed by atoms with Crippen molar-refractivity contribution in [2.75, 3.05) is 33.9 Å². The van der Waals surface area contributed by atoms with Gasteiger partial charge in [0.25, 0.3) is 0 Å². The molecule has 0 heterocycles. The number of aliphatic carboxylic acids is 1. The van der Waals surface area contributed by atoms with E-state index in [9.17, 15) is 4.79 Å². The second kappa shape index (κ2) is 6.62. The first-order chi connectivity index (χ1) is 6.04. The normalized spacial score (nSPS) is 10.4. The van der Waals surface area contributed by atoms with Crippen LogP contribution in [0.15, 0.2) is 12.2 Å². The molecule has 0 aliphatic heterocycles. The molecule has 0 aliphatic rings. The van der Waals surface area contributed by atoms with Crippen molar-refractivity contribution in [1.82, 2.24) is 4.90 Å². The molecule has 0 saturated carbocycles. The molecule has 0 atom stereocenters. The van der Waals surface area contributed by atoms with E-state index in [1.807, 2.05) is 19.0 Å². The van der Waals surface area contributed by atoms with Crippen molar-refractivity contribution in [2.24, 2.45) is 0 Å². The zero-order valence-electron chi connectivity index (χ0n) is 8.25. The van der Waals surface area contributed by atoms with Crippen molar-refractivity contribution >= 4 is 5.97 Å². The standard InChI is InChI=1S/C9H17NO3/c1-8(9(11)12)4-6-13-7-5-10(2)3/h1,4-7H2,2-3H3,(H,11,12). The Bertz CT molecular complexity index is 178. The molecule has 0 saturated heterocycles. The Morgan fingerprint density at radius 2 is 2.08 bits per heavy atom. The lowest BCUT2D eigenvalue weighted by molar-refractivity contribution is -0.132. The molecular formula is C9H17NO3. The highest BCUT2D eigenvalue weighted by Crippen LogP contribution is 1.97. The molecule has 0 aromatic heterocycles. The van der Waals surface area contributed by atoms with Crippen LogP contribution >= 0.6 is 0 Å². The van der Waals surface area contributed by atoms with Gasteiger partial charge in [0.1, 0.15) is 0 Å². The van der Waals surface area contributed by atoms with Crippen LogP contribution in [0.2, 0.25) is 0 Å². The summed E-state index contributed by atoms with van der Waals surface area (Å²) in [7, 11) is 3.92. The Kier molecular flexibility index (Phi) is 6.18. The molecular weight excluding hydrogens is 170 g/mol. The molecule has 4 nitrogen and oxygen atoms in total. The van der Waals surface area contributed by atoms with Crippen molar-refractivity contribution in [3.05, 3.63) is 12.2 Å². The first-order valence-electron chi connectivity index (χ1n) is 4.17. The SMILES string of the molecule is C=C(CCOCCN(C)C)C(=O)O. The van der Waals surface area contributed by atoms with E-state index in [-0.39, 0.29) is 5.57 Å². The first kappa shape index (κ1) is 12.1. The fourth-order valence-corrected chi connectivity index (χ4v) is 0.651. The lowest BCUT2D eigenvalue weighted by Crippen LogP contribution is -2.18. The number of carboxylic acids is 1. The van der Waals surface area contributed by atoms with Gasteiger partial charge in [-0.2, -0.15) is 0 Å². The summed E-state index contributed by atoms with van der Waals surface area (Å²) in [6.45, 7) is 5.30. The van der Waals surface area contributed by atoms with Gasteiger partial charge in [-0.05, 0) is 14.1 Å².